The molecule has 0 saturated carbocycles. The van der Waals surface area contributed by atoms with Crippen molar-refractivity contribution in [2.24, 2.45) is 5.41 Å². The number of hydrogen-bond donors (Lipinski definition) is 1. The maximum atomic E-state index is 3.54. The standard InChI is InChI=1S/C15H25N/c1-13(14-8-6-5-7-9-14)12-16-11-10-15(2,3)4/h5-9,13,16H,10-12H2,1-4H3. The molecule has 0 spiro atoms. The van der Waals surface area contributed by atoms with Crippen molar-refractivity contribution in [1.29, 1.82) is 0 Å². The number of hydrogen-bond acceptors (Lipinski definition) is 1. The predicted molar refractivity (Wildman–Crippen MR) is 71.8 cm³/mol. The van der Waals surface area contributed by atoms with Crippen LogP contribution < -0.4 is 5.32 Å². The fourth-order valence-corrected chi connectivity index (χ4v) is 1.68. The summed E-state index contributed by atoms with van der Waals surface area (Å²) < 4.78 is 0. The molecule has 0 aromatic heterocycles. The van der Waals surface area contributed by atoms with E-state index in [9.17, 15) is 0 Å². The Morgan fingerprint density at radius 3 is 2.31 bits per heavy atom. The highest BCUT2D eigenvalue weighted by Gasteiger charge is 2.09. The second-order valence-corrected chi connectivity index (χ2v) is 5.83. The van der Waals surface area contributed by atoms with Gasteiger partial charge in [0.05, 0.1) is 0 Å². The van der Waals surface area contributed by atoms with E-state index in [4.69, 9.17) is 0 Å². The van der Waals surface area contributed by atoms with E-state index in [-0.39, 0.29) is 0 Å². The lowest BCUT2D eigenvalue weighted by molar-refractivity contribution is 0.365. The maximum absolute atomic E-state index is 3.54. The molecule has 0 aliphatic carbocycles. The van der Waals surface area contributed by atoms with Crippen LogP contribution in [-0.2, 0) is 0 Å². The quantitative estimate of drug-likeness (QED) is 0.742. The van der Waals surface area contributed by atoms with Gasteiger partial charge in [-0.2, -0.15) is 0 Å². The van der Waals surface area contributed by atoms with Crippen molar-refractivity contribution in [1.82, 2.24) is 5.32 Å². The van der Waals surface area contributed by atoms with Gasteiger partial charge in [0.15, 0.2) is 0 Å². The first-order chi connectivity index (χ1) is 7.49. The Bertz CT molecular complexity index is 284. The van der Waals surface area contributed by atoms with Gasteiger partial charge >= 0.3 is 0 Å². The Balaban J connectivity index is 2.24. The molecule has 1 heteroatoms. The van der Waals surface area contributed by atoms with Crippen LogP contribution in [0.1, 0.15) is 45.6 Å². The zero-order valence-corrected chi connectivity index (χ0v) is 11.1. The minimum atomic E-state index is 0.434. The first-order valence-electron chi connectivity index (χ1n) is 6.25. The number of nitrogens with one attached hydrogen (secondary N) is 1. The van der Waals surface area contributed by atoms with Crippen molar-refractivity contribution < 1.29 is 0 Å². The molecule has 1 N–H and O–H groups in total. The highest BCUT2D eigenvalue weighted by atomic mass is 14.9. The van der Waals surface area contributed by atoms with E-state index in [2.05, 4.69) is 63.3 Å². The van der Waals surface area contributed by atoms with Gasteiger partial charge in [-0.1, -0.05) is 58.0 Å². The minimum absolute atomic E-state index is 0.434. The molecular formula is C15H25N. The van der Waals surface area contributed by atoms with Gasteiger partial charge in [0, 0.05) is 6.54 Å². The van der Waals surface area contributed by atoms with Crippen molar-refractivity contribution in [3.05, 3.63) is 35.9 Å². The van der Waals surface area contributed by atoms with Gasteiger partial charge in [0.2, 0.25) is 0 Å². The average Bonchev–Trinajstić information content (AvgIpc) is 2.24. The van der Waals surface area contributed by atoms with E-state index in [0.717, 1.165) is 13.1 Å². The monoisotopic (exact) mass is 219 g/mol. The summed E-state index contributed by atoms with van der Waals surface area (Å²) >= 11 is 0. The summed E-state index contributed by atoms with van der Waals surface area (Å²) in [4.78, 5) is 0. The Labute approximate surface area is 100 Å². The molecule has 1 aromatic carbocycles. The van der Waals surface area contributed by atoms with Gasteiger partial charge in [-0.05, 0) is 29.9 Å². The Morgan fingerprint density at radius 1 is 1.12 bits per heavy atom. The van der Waals surface area contributed by atoms with E-state index in [0.29, 0.717) is 11.3 Å². The van der Waals surface area contributed by atoms with Crippen LogP contribution in [0.2, 0.25) is 0 Å². The Morgan fingerprint density at radius 2 is 1.75 bits per heavy atom. The van der Waals surface area contributed by atoms with Gasteiger partial charge in [-0.25, -0.2) is 0 Å². The largest absolute Gasteiger partial charge is 0.316 e. The molecule has 0 radical (unpaired) electrons. The van der Waals surface area contributed by atoms with Crippen LogP contribution in [0.3, 0.4) is 0 Å². The highest BCUT2D eigenvalue weighted by Crippen LogP contribution is 2.17. The van der Waals surface area contributed by atoms with E-state index >= 15 is 0 Å². The SMILES string of the molecule is CC(CNCCC(C)(C)C)c1ccccc1. The van der Waals surface area contributed by atoms with Crippen LogP contribution in [0.25, 0.3) is 0 Å². The third kappa shape index (κ3) is 5.32. The van der Waals surface area contributed by atoms with Crippen LogP contribution >= 0.6 is 0 Å². The topological polar surface area (TPSA) is 12.0 Å². The van der Waals surface area contributed by atoms with Crippen LogP contribution in [0.15, 0.2) is 30.3 Å². The van der Waals surface area contributed by atoms with Crippen LogP contribution in [0.4, 0.5) is 0 Å². The lowest BCUT2D eigenvalue weighted by Crippen LogP contribution is -2.24. The molecular weight excluding hydrogens is 194 g/mol. The molecule has 0 aliphatic rings. The summed E-state index contributed by atoms with van der Waals surface area (Å²) in [6.07, 6.45) is 1.23. The molecule has 0 saturated heterocycles. The van der Waals surface area contributed by atoms with E-state index in [1.54, 1.807) is 0 Å². The van der Waals surface area contributed by atoms with Crippen LogP contribution in [0.5, 0.6) is 0 Å². The molecule has 1 aromatic rings. The molecule has 0 bridgehead atoms. The molecule has 1 atom stereocenters. The molecule has 0 heterocycles. The van der Waals surface area contributed by atoms with Crippen molar-refractivity contribution in [2.45, 2.75) is 40.0 Å². The predicted octanol–water partition coefficient (Wildman–Crippen LogP) is 3.82. The molecule has 1 rings (SSSR count). The van der Waals surface area contributed by atoms with Gasteiger partial charge < -0.3 is 5.32 Å². The van der Waals surface area contributed by atoms with E-state index in [1.165, 1.54) is 12.0 Å². The second-order valence-electron chi connectivity index (χ2n) is 5.83. The fraction of sp³-hybridized carbons (Fsp3) is 0.600. The van der Waals surface area contributed by atoms with Gasteiger partial charge in [0.25, 0.3) is 0 Å². The summed E-state index contributed by atoms with van der Waals surface area (Å²) in [5.41, 5.74) is 1.86. The van der Waals surface area contributed by atoms with E-state index < -0.39 is 0 Å². The first kappa shape index (κ1) is 13.2. The second kappa shape index (κ2) is 6.05. The molecule has 90 valence electrons. The summed E-state index contributed by atoms with van der Waals surface area (Å²) in [5.74, 6) is 0.598. The molecule has 16 heavy (non-hydrogen) atoms. The van der Waals surface area contributed by atoms with Crippen molar-refractivity contribution in [2.75, 3.05) is 13.1 Å². The molecule has 0 aliphatic heterocycles. The molecule has 0 amide bonds. The third-order valence-electron chi connectivity index (χ3n) is 2.87. The zero-order valence-electron chi connectivity index (χ0n) is 11.1. The van der Waals surface area contributed by atoms with Crippen LogP contribution in [0, 0.1) is 5.41 Å². The van der Waals surface area contributed by atoms with Gasteiger partial charge in [-0.15, -0.1) is 0 Å². The van der Waals surface area contributed by atoms with Gasteiger partial charge in [-0.3, -0.25) is 0 Å². The van der Waals surface area contributed by atoms with Crippen LogP contribution in [-0.4, -0.2) is 13.1 Å². The maximum Gasteiger partial charge on any atom is 0.00174 e. The lowest BCUT2D eigenvalue weighted by Gasteiger charge is -2.19. The molecule has 1 unspecified atom stereocenters. The Hall–Kier alpha value is -0.820. The smallest absolute Gasteiger partial charge is 0.00174 e. The summed E-state index contributed by atoms with van der Waals surface area (Å²) in [7, 11) is 0. The van der Waals surface area contributed by atoms with E-state index in [1.807, 2.05) is 0 Å². The normalized spacial score (nSPS) is 13.8. The summed E-state index contributed by atoms with van der Waals surface area (Å²) in [5, 5.41) is 3.54. The molecule has 1 nitrogen and oxygen atoms in total. The molecule has 0 fully saturated rings. The summed E-state index contributed by atoms with van der Waals surface area (Å²) in [6.45, 7) is 11.3. The Kier molecular flexibility index (Phi) is 5.01. The minimum Gasteiger partial charge on any atom is -0.316 e. The first-order valence-corrected chi connectivity index (χ1v) is 6.25. The third-order valence-corrected chi connectivity index (χ3v) is 2.87. The van der Waals surface area contributed by atoms with Crippen molar-refractivity contribution in [3.63, 3.8) is 0 Å². The average molecular weight is 219 g/mol. The van der Waals surface area contributed by atoms with Crippen molar-refractivity contribution in [3.8, 4) is 0 Å². The summed E-state index contributed by atoms with van der Waals surface area (Å²) in [6, 6.07) is 10.7. The van der Waals surface area contributed by atoms with Crippen molar-refractivity contribution >= 4 is 0 Å². The zero-order chi connectivity index (χ0) is 12.0. The highest BCUT2D eigenvalue weighted by molar-refractivity contribution is 5.18. The number of benzene rings is 1. The fourth-order valence-electron chi connectivity index (χ4n) is 1.68. The lowest BCUT2D eigenvalue weighted by atomic mass is 9.92. The number of rotatable bonds is 5. The van der Waals surface area contributed by atoms with Gasteiger partial charge in [0.1, 0.15) is 0 Å².